The van der Waals surface area contributed by atoms with Gasteiger partial charge in [-0.1, -0.05) is 26.5 Å². The van der Waals surface area contributed by atoms with Crippen molar-refractivity contribution < 1.29 is 9.53 Å². The smallest absolute Gasteiger partial charge is 0.241 e. The summed E-state index contributed by atoms with van der Waals surface area (Å²) in [6.45, 7) is 10.3. The van der Waals surface area contributed by atoms with Crippen LogP contribution in [0.15, 0.2) is 36.9 Å². The number of ether oxygens (including phenoxy) is 1. The minimum Gasteiger partial charge on any atom is -0.490 e. The van der Waals surface area contributed by atoms with Crippen LogP contribution in [0.1, 0.15) is 26.7 Å². The molecule has 0 heterocycles. The molecule has 0 atom stereocenters. The molecule has 0 aliphatic rings. The van der Waals surface area contributed by atoms with Crippen LogP contribution in [-0.4, -0.2) is 37.0 Å². The van der Waals surface area contributed by atoms with Gasteiger partial charge in [-0.05, 0) is 37.1 Å². The quantitative estimate of drug-likeness (QED) is 0.672. The third-order valence-electron chi connectivity index (χ3n) is 3.01. The predicted octanol–water partition coefficient (Wildman–Crippen LogP) is 3.31. The first-order valence-electron chi connectivity index (χ1n) is 7.56. The zero-order valence-corrected chi connectivity index (χ0v) is 13.1. The van der Waals surface area contributed by atoms with E-state index in [0.717, 1.165) is 37.4 Å². The molecule has 0 saturated carbocycles. The second kappa shape index (κ2) is 9.86. The summed E-state index contributed by atoms with van der Waals surface area (Å²) < 4.78 is 5.42. The van der Waals surface area contributed by atoms with Crippen molar-refractivity contribution in [3.05, 3.63) is 36.9 Å². The van der Waals surface area contributed by atoms with Crippen LogP contribution >= 0.6 is 0 Å². The average molecular weight is 290 g/mol. The van der Waals surface area contributed by atoms with E-state index in [1.54, 1.807) is 6.08 Å². The predicted molar refractivity (Wildman–Crippen MR) is 87.8 cm³/mol. The number of benzene rings is 1. The van der Waals surface area contributed by atoms with Gasteiger partial charge in [0.25, 0.3) is 0 Å². The number of rotatable bonds is 10. The molecule has 1 aromatic rings. The Hall–Kier alpha value is -1.97. The topological polar surface area (TPSA) is 41.6 Å². The van der Waals surface area contributed by atoms with Crippen LogP contribution in [0.2, 0.25) is 0 Å². The number of hydrogen-bond donors (Lipinski definition) is 1. The normalized spacial score (nSPS) is 10.0. The lowest BCUT2D eigenvalue weighted by Crippen LogP contribution is -2.36. The highest BCUT2D eigenvalue weighted by atomic mass is 16.5. The van der Waals surface area contributed by atoms with Crippen LogP contribution in [0.3, 0.4) is 0 Å². The van der Waals surface area contributed by atoms with E-state index in [9.17, 15) is 4.79 Å². The fraction of sp³-hybridized carbons (Fsp3) is 0.471. The second-order valence-corrected chi connectivity index (χ2v) is 4.86. The Balaban J connectivity index is 2.46. The lowest BCUT2D eigenvalue weighted by Gasteiger charge is -2.21. The summed E-state index contributed by atoms with van der Waals surface area (Å²) in [5.74, 6) is 0.941. The SMILES string of the molecule is C=CCOc1ccc(NCC(=O)N(CCC)CCC)cc1. The molecule has 1 aromatic carbocycles. The zero-order chi connectivity index (χ0) is 15.5. The molecular formula is C17H26N2O2. The van der Waals surface area contributed by atoms with E-state index in [1.165, 1.54) is 0 Å². The van der Waals surface area contributed by atoms with Crippen molar-refractivity contribution >= 4 is 11.6 Å². The molecule has 0 fully saturated rings. The maximum atomic E-state index is 12.1. The zero-order valence-electron chi connectivity index (χ0n) is 13.1. The van der Waals surface area contributed by atoms with E-state index in [0.29, 0.717) is 13.2 Å². The van der Waals surface area contributed by atoms with Crippen LogP contribution in [0.25, 0.3) is 0 Å². The Morgan fingerprint density at radius 1 is 1.24 bits per heavy atom. The van der Waals surface area contributed by atoms with Gasteiger partial charge in [-0.2, -0.15) is 0 Å². The lowest BCUT2D eigenvalue weighted by molar-refractivity contribution is -0.129. The number of nitrogens with zero attached hydrogens (tertiary/aromatic N) is 1. The number of amides is 1. The van der Waals surface area contributed by atoms with Gasteiger partial charge in [-0.25, -0.2) is 0 Å². The number of carbonyl (C=O) groups excluding carboxylic acids is 1. The molecule has 0 spiro atoms. The summed E-state index contributed by atoms with van der Waals surface area (Å²) >= 11 is 0. The maximum absolute atomic E-state index is 12.1. The molecule has 1 amide bonds. The minimum atomic E-state index is 0.144. The van der Waals surface area contributed by atoms with Gasteiger partial charge in [0.1, 0.15) is 12.4 Å². The first-order valence-corrected chi connectivity index (χ1v) is 7.56. The first kappa shape index (κ1) is 17.1. The second-order valence-electron chi connectivity index (χ2n) is 4.86. The highest BCUT2D eigenvalue weighted by Gasteiger charge is 2.10. The van der Waals surface area contributed by atoms with E-state index in [2.05, 4.69) is 25.7 Å². The summed E-state index contributed by atoms with van der Waals surface area (Å²) in [5, 5.41) is 3.16. The van der Waals surface area contributed by atoms with Crippen LogP contribution in [0, 0.1) is 0 Å². The number of hydrogen-bond acceptors (Lipinski definition) is 3. The van der Waals surface area contributed by atoms with Crippen molar-refractivity contribution in [1.29, 1.82) is 0 Å². The fourth-order valence-electron chi connectivity index (χ4n) is 2.01. The molecular weight excluding hydrogens is 264 g/mol. The molecule has 1 N–H and O–H groups in total. The highest BCUT2D eigenvalue weighted by molar-refractivity contribution is 5.80. The Bertz CT molecular complexity index is 423. The molecule has 0 aliphatic carbocycles. The third-order valence-corrected chi connectivity index (χ3v) is 3.01. The Morgan fingerprint density at radius 2 is 1.86 bits per heavy atom. The minimum absolute atomic E-state index is 0.144. The van der Waals surface area contributed by atoms with Gasteiger partial charge in [0, 0.05) is 18.8 Å². The van der Waals surface area contributed by atoms with Crippen molar-refractivity contribution in [2.45, 2.75) is 26.7 Å². The summed E-state index contributed by atoms with van der Waals surface area (Å²) in [4.78, 5) is 14.0. The largest absolute Gasteiger partial charge is 0.490 e. The Kier molecular flexibility index (Phi) is 8.02. The average Bonchev–Trinajstić information content (AvgIpc) is 2.51. The molecule has 0 aromatic heterocycles. The van der Waals surface area contributed by atoms with Crippen molar-refractivity contribution in [2.24, 2.45) is 0 Å². The molecule has 0 saturated heterocycles. The molecule has 0 bridgehead atoms. The lowest BCUT2D eigenvalue weighted by atomic mass is 10.3. The number of nitrogens with one attached hydrogen (secondary N) is 1. The van der Waals surface area contributed by atoms with E-state index in [-0.39, 0.29) is 5.91 Å². The number of anilines is 1. The van der Waals surface area contributed by atoms with Crippen LogP contribution < -0.4 is 10.1 Å². The number of carbonyl (C=O) groups is 1. The van der Waals surface area contributed by atoms with Crippen molar-refractivity contribution in [3.8, 4) is 5.75 Å². The van der Waals surface area contributed by atoms with Crippen molar-refractivity contribution in [2.75, 3.05) is 31.6 Å². The Morgan fingerprint density at radius 3 is 2.38 bits per heavy atom. The van der Waals surface area contributed by atoms with E-state index in [4.69, 9.17) is 4.74 Å². The Labute approximate surface area is 127 Å². The van der Waals surface area contributed by atoms with Gasteiger partial charge in [-0.3, -0.25) is 4.79 Å². The molecule has 0 radical (unpaired) electrons. The van der Waals surface area contributed by atoms with Crippen LogP contribution in [0.5, 0.6) is 5.75 Å². The van der Waals surface area contributed by atoms with Crippen molar-refractivity contribution in [1.82, 2.24) is 4.90 Å². The summed E-state index contributed by atoms with van der Waals surface area (Å²) in [5.41, 5.74) is 0.919. The van der Waals surface area contributed by atoms with Gasteiger partial charge >= 0.3 is 0 Å². The first-order chi connectivity index (χ1) is 10.2. The van der Waals surface area contributed by atoms with Gasteiger partial charge < -0.3 is 15.0 Å². The molecule has 21 heavy (non-hydrogen) atoms. The molecule has 0 aliphatic heterocycles. The van der Waals surface area contributed by atoms with Gasteiger partial charge in [-0.15, -0.1) is 0 Å². The third kappa shape index (κ3) is 6.34. The van der Waals surface area contributed by atoms with E-state index < -0.39 is 0 Å². The molecule has 0 unspecified atom stereocenters. The van der Waals surface area contributed by atoms with E-state index >= 15 is 0 Å². The molecule has 1 rings (SSSR count). The molecule has 4 heteroatoms. The van der Waals surface area contributed by atoms with Crippen LogP contribution in [-0.2, 0) is 4.79 Å². The summed E-state index contributed by atoms with van der Waals surface area (Å²) in [6, 6.07) is 7.59. The van der Waals surface area contributed by atoms with Gasteiger partial charge in [0.15, 0.2) is 0 Å². The van der Waals surface area contributed by atoms with E-state index in [1.807, 2.05) is 29.2 Å². The fourth-order valence-corrected chi connectivity index (χ4v) is 2.01. The summed E-state index contributed by atoms with van der Waals surface area (Å²) in [7, 11) is 0. The van der Waals surface area contributed by atoms with Crippen molar-refractivity contribution in [3.63, 3.8) is 0 Å². The molecule has 116 valence electrons. The van der Waals surface area contributed by atoms with Gasteiger partial charge in [0.2, 0.25) is 5.91 Å². The highest BCUT2D eigenvalue weighted by Crippen LogP contribution is 2.15. The monoisotopic (exact) mass is 290 g/mol. The summed E-state index contributed by atoms with van der Waals surface area (Å²) in [6.07, 6.45) is 3.68. The van der Waals surface area contributed by atoms with Crippen LogP contribution in [0.4, 0.5) is 5.69 Å². The van der Waals surface area contributed by atoms with Gasteiger partial charge in [0.05, 0.1) is 6.54 Å². The standard InChI is InChI=1S/C17H26N2O2/c1-4-11-19(12-5-2)17(20)14-18-15-7-9-16(10-8-15)21-13-6-3/h6-10,18H,3-5,11-14H2,1-2H3. The molecule has 4 nitrogen and oxygen atoms in total. The maximum Gasteiger partial charge on any atom is 0.241 e.